The van der Waals surface area contributed by atoms with E-state index >= 15 is 0 Å². The van der Waals surface area contributed by atoms with E-state index in [0.29, 0.717) is 0 Å². The maximum absolute atomic E-state index is 10.7. The lowest BCUT2D eigenvalue weighted by molar-refractivity contribution is 0.0346. The zero-order chi connectivity index (χ0) is 8.69. The topological polar surface area (TPSA) is 35.5 Å². The average Bonchev–Trinajstić information content (AvgIpc) is 2.00. The fourth-order valence-corrected chi connectivity index (χ4v) is 0.409. The molecule has 0 fully saturated rings. The molecule has 0 saturated carbocycles. The van der Waals surface area contributed by atoms with E-state index in [1.807, 2.05) is 13.8 Å². The molecule has 0 aliphatic carbocycles. The third-order valence-corrected chi connectivity index (χ3v) is 1.19. The van der Waals surface area contributed by atoms with E-state index in [4.69, 9.17) is 4.74 Å². The average molecular weight is 158 g/mol. The molecule has 1 atom stereocenters. The maximum atomic E-state index is 10.7. The number of hydrogen-bond acceptors (Lipinski definition) is 3. The highest BCUT2D eigenvalue weighted by atomic mass is 16.7. The zero-order valence-corrected chi connectivity index (χ0v) is 7.00. The number of carbonyl (C=O) groups excluding carboxylic acids is 1. The normalized spacial score (nSPS) is 11.8. The maximum Gasteiger partial charge on any atom is 0.508 e. The molecule has 0 spiro atoms. The van der Waals surface area contributed by atoms with Crippen molar-refractivity contribution >= 4 is 6.16 Å². The minimum absolute atomic E-state index is 0.0766. The van der Waals surface area contributed by atoms with Crippen LogP contribution in [0.2, 0.25) is 0 Å². The van der Waals surface area contributed by atoms with Gasteiger partial charge in [0.05, 0.1) is 0 Å². The van der Waals surface area contributed by atoms with Crippen LogP contribution < -0.4 is 0 Å². The summed E-state index contributed by atoms with van der Waals surface area (Å²) in [4.78, 5) is 10.7. The highest BCUT2D eigenvalue weighted by Gasteiger charge is 2.06. The lowest BCUT2D eigenvalue weighted by atomic mass is 10.3. The first-order valence-electron chi connectivity index (χ1n) is 3.65. The Morgan fingerprint density at radius 1 is 1.73 bits per heavy atom. The van der Waals surface area contributed by atoms with Crippen LogP contribution in [0.1, 0.15) is 20.3 Å². The highest BCUT2D eigenvalue weighted by Crippen LogP contribution is 1.97. The monoisotopic (exact) mass is 158 g/mol. The predicted molar refractivity (Wildman–Crippen MR) is 42.4 cm³/mol. The van der Waals surface area contributed by atoms with Crippen molar-refractivity contribution in [3.63, 3.8) is 0 Å². The Morgan fingerprint density at radius 2 is 2.36 bits per heavy atom. The molecule has 0 aliphatic heterocycles. The van der Waals surface area contributed by atoms with Crippen LogP contribution in [0.25, 0.3) is 0 Å². The number of carbonyl (C=O) groups is 1. The number of ether oxygens (including phenoxy) is 2. The molecular formula is C8H14O3. The summed E-state index contributed by atoms with van der Waals surface area (Å²) < 4.78 is 9.38. The largest absolute Gasteiger partial charge is 0.508 e. The Hall–Kier alpha value is -0.990. The second-order valence-corrected chi connectivity index (χ2v) is 2.19. The third kappa shape index (κ3) is 5.45. The summed E-state index contributed by atoms with van der Waals surface area (Å²) in [6.07, 6.45) is 1.59. The van der Waals surface area contributed by atoms with Crippen molar-refractivity contribution in [3.8, 4) is 0 Å². The predicted octanol–water partition coefficient (Wildman–Crippen LogP) is 2.12. The van der Waals surface area contributed by atoms with Gasteiger partial charge in [-0.05, 0) is 13.3 Å². The Bertz CT molecular complexity index is 131. The van der Waals surface area contributed by atoms with Crippen LogP contribution in [-0.2, 0) is 9.47 Å². The quantitative estimate of drug-likeness (QED) is 0.464. The minimum atomic E-state index is -0.626. The molecule has 0 bridgehead atoms. The van der Waals surface area contributed by atoms with Gasteiger partial charge in [0.2, 0.25) is 0 Å². The molecule has 0 aromatic heterocycles. The minimum Gasteiger partial charge on any atom is -0.431 e. The molecule has 0 radical (unpaired) electrons. The fourth-order valence-electron chi connectivity index (χ4n) is 0.409. The molecule has 64 valence electrons. The van der Waals surface area contributed by atoms with Crippen molar-refractivity contribution in [2.24, 2.45) is 0 Å². The molecule has 1 unspecified atom stereocenters. The first kappa shape index (κ1) is 10.0. The van der Waals surface area contributed by atoms with E-state index < -0.39 is 6.16 Å². The molecule has 0 heterocycles. The van der Waals surface area contributed by atoms with Gasteiger partial charge in [-0.25, -0.2) is 4.79 Å². The van der Waals surface area contributed by atoms with Gasteiger partial charge in [0.15, 0.2) is 0 Å². The van der Waals surface area contributed by atoms with Crippen molar-refractivity contribution < 1.29 is 14.3 Å². The first-order valence-corrected chi connectivity index (χ1v) is 3.65. The van der Waals surface area contributed by atoms with E-state index in [1.54, 1.807) is 0 Å². The van der Waals surface area contributed by atoms with Crippen molar-refractivity contribution in [1.29, 1.82) is 0 Å². The summed E-state index contributed by atoms with van der Waals surface area (Å²) >= 11 is 0. The molecular weight excluding hydrogens is 144 g/mol. The SMILES string of the molecule is C=CCOC(=O)OC(C)CC. The number of rotatable bonds is 4. The second-order valence-electron chi connectivity index (χ2n) is 2.19. The Labute approximate surface area is 67.0 Å². The van der Waals surface area contributed by atoms with E-state index in [0.717, 1.165) is 6.42 Å². The molecule has 0 aliphatic rings. The lowest BCUT2D eigenvalue weighted by Gasteiger charge is -2.09. The van der Waals surface area contributed by atoms with Gasteiger partial charge in [-0.2, -0.15) is 0 Å². The summed E-state index contributed by atoms with van der Waals surface area (Å²) in [6.45, 7) is 7.35. The van der Waals surface area contributed by atoms with Crippen molar-refractivity contribution in [1.82, 2.24) is 0 Å². The molecule has 0 aromatic carbocycles. The van der Waals surface area contributed by atoms with Gasteiger partial charge < -0.3 is 9.47 Å². The van der Waals surface area contributed by atoms with E-state index in [-0.39, 0.29) is 12.7 Å². The molecule has 0 N–H and O–H groups in total. The van der Waals surface area contributed by atoms with Gasteiger partial charge in [0.25, 0.3) is 0 Å². The molecule has 3 nitrogen and oxygen atoms in total. The van der Waals surface area contributed by atoms with Gasteiger partial charge in [0, 0.05) is 0 Å². The van der Waals surface area contributed by atoms with E-state index in [2.05, 4.69) is 11.3 Å². The summed E-state index contributed by atoms with van der Waals surface area (Å²) in [6, 6.07) is 0. The highest BCUT2D eigenvalue weighted by molar-refractivity contribution is 5.60. The molecule has 11 heavy (non-hydrogen) atoms. The van der Waals surface area contributed by atoms with Gasteiger partial charge in [-0.15, -0.1) is 0 Å². The van der Waals surface area contributed by atoms with E-state index in [1.165, 1.54) is 6.08 Å². The molecule has 0 rings (SSSR count). The standard InChI is InChI=1S/C8H14O3/c1-4-6-10-8(9)11-7(3)5-2/h4,7H,1,5-6H2,2-3H3. The smallest absolute Gasteiger partial charge is 0.431 e. The molecule has 0 saturated heterocycles. The fraction of sp³-hybridized carbons (Fsp3) is 0.625. The van der Waals surface area contributed by atoms with Crippen LogP contribution in [-0.4, -0.2) is 18.9 Å². The van der Waals surface area contributed by atoms with Crippen LogP contribution in [0, 0.1) is 0 Å². The lowest BCUT2D eigenvalue weighted by Crippen LogP contribution is -2.15. The van der Waals surface area contributed by atoms with Crippen molar-refractivity contribution in [2.45, 2.75) is 26.4 Å². The summed E-state index contributed by atoms with van der Waals surface area (Å²) in [7, 11) is 0. The summed E-state index contributed by atoms with van der Waals surface area (Å²) in [5.41, 5.74) is 0. The molecule has 0 amide bonds. The van der Waals surface area contributed by atoms with Gasteiger partial charge in [-0.3, -0.25) is 0 Å². The van der Waals surface area contributed by atoms with Gasteiger partial charge in [-0.1, -0.05) is 19.6 Å². The Kier molecular flexibility index (Phi) is 5.25. The van der Waals surface area contributed by atoms with Gasteiger partial charge >= 0.3 is 6.16 Å². The molecule has 3 heteroatoms. The van der Waals surface area contributed by atoms with Gasteiger partial charge in [0.1, 0.15) is 12.7 Å². The first-order chi connectivity index (χ1) is 5.20. The third-order valence-electron chi connectivity index (χ3n) is 1.19. The van der Waals surface area contributed by atoms with Crippen molar-refractivity contribution in [2.75, 3.05) is 6.61 Å². The van der Waals surface area contributed by atoms with Crippen molar-refractivity contribution in [3.05, 3.63) is 12.7 Å². The van der Waals surface area contributed by atoms with Crippen LogP contribution in [0.5, 0.6) is 0 Å². The Balaban J connectivity index is 3.43. The van der Waals surface area contributed by atoms with E-state index in [9.17, 15) is 4.79 Å². The zero-order valence-electron chi connectivity index (χ0n) is 7.00. The van der Waals surface area contributed by atoms with Crippen LogP contribution in [0.15, 0.2) is 12.7 Å². The number of hydrogen-bond donors (Lipinski definition) is 0. The Morgan fingerprint density at radius 3 is 2.82 bits per heavy atom. The van der Waals surface area contributed by atoms with Crippen LogP contribution >= 0.6 is 0 Å². The second kappa shape index (κ2) is 5.77. The summed E-state index contributed by atoms with van der Waals surface area (Å²) in [5.74, 6) is 0. The van der Waals surface area contributed by atoms with Crippen LogP contribution in [0.3, 0.4) is 0 Å². The van der Waals surface area contributed by atoms with Crippen LogP contribution in [0.4, 0.5) is 4.79 Å². The summed E-state index contributed by atoms with van der Waals surface area (Å²) in [5, 5.41) is 0. The molecule has 0 aromatic rings.